The molecule has 0 aromatic heterocycles. The molecule has 0 bridgehead atoms. The molecule has 0 atom stereocenters. The number of nitrogens with zero attached hydrogens (tertiary/aromatic N) is 1. The van der Waals surface area contributed by atoms with Gasteiger partial charge in [0.15, 0.2) is 11.5 Å². The Bertz CT molecular complexity index is 1190. The Balaban J connectivity index is 1.78. The molecule has 2 aromatic carbocycles. The van der Waals surface area contributed by atoms with Crippen LogP contribution in [0.25, 0.3) is 5.70 Å². The second-order valence-electron chi connectivity index (χ2n) is 7.68. The molecular weight excluding hydrogens is 444 g/mol. The number of allylic oxidation sites excluding steroid dienone is 4. The van der Waals surface area contributed by atoms with E-state index in [-0.39, 0.29) is 11.6 Å². The third-order valence-corrected chi connectivity index (χ3v) is 5.23. The van der Waals surface area contributed by atoms with E-state index in [0.717, 1.165) is 12.0 Å². The van der Waals surface area contributed by atoms with E-state index < -0.39 is 5.91 Å². The summed E-state index contributed by atoms with van der Waals surface area (Å²) in [7, 11) is 3.17. The molecule has 0 saturated heterocycles. The van der Waals surface area contributed by atoms with Crippen LogP contribution >= 0.6 is 0 Å². The van der Waals surface area contributed by atoms with Crippen molar-refractivity contribution in [3.63, 3.8) is 0 Å². The number of rotatable bonds is 8. The second-order valence-corrected chi connectivity index (χ2v) is 7.68. The maximum absolute atomic E-state index is 12.7. The van der Waals surface area contributed by atoms with Crippen molar-refractivity contribution < 1.29 is 19.1 Å². The fourth-order valence-corrected chi connectivity index (χ4v) is 3.41. The number of benzene rings is 2. The van der Waals surface area contributed by atoms with Gasteiger partial charge < -0.3 is 25.8 Å². The first-order valence-corrected chi connectivity index (χ1v) is 11.3. The Morgan fingerprint density at radius 2 is 1.83 bits per heavy atom. The zero-order valence-corrected chi connectivity index (χ0v) is 20.1. The average molecular weight is 475 g/mol. The molecule has 1 aliphatic rings. The fraction of sp³-hybridized carbons (Fsp3) is 0.222. The largest absolute Gasteiger partial charge is 0.493 e. The lowest BCUT2D eigenvalue weighted by Gasteiger charge is -2.12. The Morgan fingerprint density at radius 1 is 1.09 bits per heavy atom. The summed E-state index contributed by atoms with van der Waals surface area (Å²) in [5.74, 6) is 0.607. The van der Waals surface area contributed by atoms with Crippen molar-refractivity contribution in [1.29, 1.82) is 0 Å². The van der Waals surface area contributed by atoms with Gasteiger partial charge in [-0.3, -0.25) is 14.6 Å². The molecule has 0 spiro atoms. The summed E-state index contributed by atoms with van der Waals surface area (Å²) in [5, 5.41) is 5.48. The maximum atomic E-state index is 12.7. The molecule has 0 aliphatic carbocycles. The van der Waals surface area contributed by atoms with E-state index in [1.165, 1.54) is 0 Å². The summed E-state index contributed by atoms with van der Waals surface area (Å²) in [6.07, 6.45) is 8.87. The van der Waals surface area contributed by atoms with Crippen LogP contribution in [-0.4, -0.2) is 38.3 Å². The Hall–Kier alpha value is -4.33. The number of hydrogen-bond donors (Lipinski definition) is 3. The molecule has 0 radical (unpaired) electrons. The summed E-state index contributed by atoms with van der Waals surface area (Å²) in [6, 6.07) is 12.2. The van der Waals surface area contributed by atoms with Gasteiger partial charge in [0.25, 0.3) is 11.8 Å². The van der Waals surface area contributed by atoms with Gasteiger partial charge in [-0.05, 0) is 74.4 Å². The van der Waals surface area contributed by atoms with Crippen LogP contribution in [0.3, 0.4) is 0 Å². The molecule has 8 nitrogen and oxygen atoms in total. The van der Waals surface area contributed by atoms with Crippen LogP contribution in [0, 0.1) is 0 Å². The highest BCUT2D eigenvalue weighted by molar-refractivity contribution is 6.09. The summed E-state index contributed by atoms with van der Waals surface area (Å²) in [5.41, 5.74) is 9.41. The van der Waals surface area contributed by atoms with Crippen LogP contribution in [-0.2, 0) is 4.79 Å². The predicted molar refractivity (Wildman–Crippen MR) is 139 cm³/mol. The highest BCUT2D eigenvalue weighted by atomic mass is 16.5. The van der Waals surface area contributed by atoms with Crippen molar-refractivity contribution in [2.24, 2.45) is 10.7 Å². The van der Waals surface area contributed by atoms with Gasteiger partial charge in [-0.15, -0.1) is 0 Å². The van der Waals surface area contributed by atoms with Gasteiger partial charge in [0, 0.05) is 29.1 Å². The maximum Gasteiger partial charge on any atom is 0.271 e. The van der Waals surface area contributed by atoms with Crippen molar-refractivity contribution in [3.05, 3.63) is 83.6 Å². The molecule has 4 N–H and O–H groups in total. The minimum absolute atomic E-state index is 0.0350. The monoisotopic (exact) mass is 474 g/mol. The number of aliphatic imine (C=N–C) groups is 1. The summed E-state index contributed by atoms with van der Waals surface area (Å²) in [4.78, 5) is 29.3. The number of ether oxygens (including phenoxy) is 2. The zero-order valence-electron chi connectivity index (χ0n) is 20.1. The van der Waals surface area contributed by atoms with E-state index in [4.69, 9.17) is 20.2 Å². The fourth-order valence-electron chi connectivity index (χ4n) is 3.41. The number of methoxy groups -OCH3 is 2. The molecule has 0 unspecified atom stereocenters. The van der Waals surface area contributed by atoms with Gasteiger partial charge in [-0.25, -0.2) is 0 Å². The first-order valence-electron chi connectivity index (χ1n) is 11.3. The normalized spacial score (nSPS) is 17.5. The van der Waals surface area contributed by atoms with Crippen LogP contribution in [0.2, 0.25) is 0 Å². The van der Waals surface area contributed by atoms with Crippen LogP contribution in [0.15, 0.2) is 77.5 Å². The van der Waals surface area contributed by atoms with Gasteiger partial charge >= 0.3 is 0 Å². The minimum atomic E-state index is -0.451. The first-order chi connectivity index (χ1) is 16.9. The molecule has 2 amide bonds. The molecule has 8 heteroatoms. The van der Waals surface area contributed by atoms with E-state index >= 15 is 0 Å². The van der Waals surface area contributed by atoms with Gasteiger partial charge in [0.2, 0.25) is 0 Å². The molecule has 182 valence electrons. The topological polar surface area (TPSA) is 115 Å². The van der Waals surface area contributed by atoms with Gasteiger partial charge in [-0.2, -0.15) is 0 Å². The second kappa shape index (κ2) is 12.2. The van der Waals surface area contributed by atoms with E-state index in [1.54, 1.807) is 44.6 Å². The average Bonchev–Trinajstić information content (AvgIpc) is 2.85. The van der Waals surface area contributed by atoms with Crippen molar-refractivity contribution >= 4 is 28.9 Å². The van der Waals surface area contributed by atoms with E-state index in [0.29, 0.717) is 47.1 Å². The summed E-state index contributed by atoms with van der Waals surface area (Å²) in [6.45, 7) is 2.39. The molecule has 1 aliphatic heterocycles. The zero-order chi connectivity index (χ0) is 25.2. The number of nitrogens with one attached hydrogen (secondary N) is 2. The third kappa shape index (κ3) is 6.83. The molecule has 35 heavy (non-hydrogen) atoms. The minimum Gasteiger partial charge on any atom is -0.493 e. The Kier molecular flexibility index (Phi) is 8.83. The lowest BCUT2D eigenvalue weighted by molar-refractivity contribution is -0.112. The third-order valence-electron chi connectivity index (χ3n) is 5.23. The number of carbonyl (C=O) groups is 2. The number of anilines is 1. The van der Waals surface area contributed by atoms with Crippen LogP contribution in [0.1, 0.15) is 35.7 Å². The summed E-state index contributed by atoms with van der Waals surface area (Å²) >= 11 is 0. The molecule has 2 aromatic rings. The highest BCUT2D eigenvalue weighted by Crippen LogP contribution is 2.31. The van der Waals surface area contributed by atoms with E-state index in [2.05, 4.69) is 10.6 Å². The molecular formula is C27H30N4O4. The Labute approximate surface area is 205 Å². The quantitative estimate of drug-likeness (QED) is 0.499. The smallest absolute Gasteiger partial charge is 0.271 e. The first kappa shape index (κ1) is 25.3. The SMILES string of the molecule is CCNC(=O)c1ccc(NC(=O)/C(N)=C/C2=N/C(c3ccc(OC)c(OC)c3)=C\C=C/CC2)cc1. The highest BCUT2D eigenvalue weighted by Gasteiger charge is 2.12. The van der Waals surface area contributed by atoms with Crippen LogP contribution < -0.4 is 25.8 Å². The number of carbonyl (C=O) groups excluding carboxylic acids is 2. The van der Waals surface area contributed by atoms with Gasteiger partial charge in [0.1, 0.15) is 0 Å². The van der Waals surface area contributed by atoms with Crippen LogP contribution in [0.5, 0.6) is 11.5 Å². The lowest BCUT2D eigenvalue weighted by atomic mass is 10.1. The molecule has 3 rings (SSSR count). The number of hydrogen-bond acceptors (Lipinski definition) is 6. The lowest BCUT2D eigenvalue weighted by Crippen LogP contribution is -2.23. The number of amides is 2. The molecule has 0 fully saturated rings. The predicted octanol–water partition coefficient (Wildman–Crippen LogP) is 4.07. The van der Waals surface area contributed by atoms with Crippen LogP contribution in [0.4, 0.5) is 5.69 Å². The van der Waals surface area contributed by atoms with Gasteiger partial charge in [-0.1, -0.05) is 12.2 Å². The van der Waals surface area contributed by atoms with Crippen molar-refractivity contribution in [3.8, 4) is 11.5 Å². The summed E-state index contributed by atoms with van der Waals surface area (Å²) < 4.78 is 10.7. The standard InChI is InChI=1S/C27H30N4O4/c1-4-29-26(32)18-10-13-20(14-11-18)31-27(33)22(28)17-21-8-6-5-7-9-23(30-21)19-12-15-24(34-2)25(16-19)35-3/h5,7,9-17H,4,6,8,28H2,1-3H3,(H,29,32)(H,31,33)/b7-5-,22-17-,23-9-,30-21+. The van der Waals surface area contributed by atoms with Crippen molar-refractivity contribution in [1.82, 2.24) is 5.32 Å². The van der Waals surface area contributed by atoms with Crippen molar-refractivity contribution in [2.75, 3.05) is 26.1 Å². The van der Waals surface area contributed by atoms with E-state index in [9.17, 15) is 9.59 Å². The molecule has 0 saturated carbocycles. The molecule has 1 heterocycles. The van der Waals surface area contributed by atoms with Gasteiger partial charge in [0.05, 0.1) is 25.6 Å². The van der Waals surface area contributed by atoms with E-state index in [1.807, 2.05) is 43.4 Å². The van der Waals surface area contributed by atoms with Crippen molar-refractivity contribution in [2.45, 2.75) is 19.8 Å². The number of nitrogens with two attached hydrogens (primary N) is 1. The Morgan fingerprint density at radius 3 is 2.51 bits per heavy atom.